The summed E-state index contributed by atoms with van der Waals surface area (Å²) < 4.78 is 5.10. The second kappa shape index (κ2) is 10.4. The van der Waals surface area contributed by atoms with Gasteiger partial charge < -0.3 is 20.2 Å². The Balaban J connectivity index is 1.34. The van der Waals surface area contributed by atoms with Gasteiger partial charge in [-0.05, 0) is 36.4 Å². The van der Waals surface area contributed by atoms with Gasteiger partial charge in [0.15, 0.2) is 0 Å². The van der Waals surface area contributed by atoms with E-state index in [2.05, 4.69) is 44.2 Å². The molecule has 1 aliphatic rings. The molecule has 1 aromatic carbocycles. The Labute approximate surface area is 193 Å². The highest BCUT2D eigenvalue weighted by atomic mass is 16.5. The van der Waals surface area contributed by atoms with Crippen molar-refractivity contribution in [1.29, 1.82) is 0 Å². The normalized spacial score (nSPS) is 15.7. The second-order valence-electron chi connectivity index (χ2n) is 8.26. The number of hydrogen-bond donors (Lipinski definition) is 3. The van der Waals surface area contributed by atoms with Crippen LogP contribution in [0, 0.1) is 6.92 Å². The largest absolute Gasteiger partial charge is 0.369 e. The average Bonchev–Trinajstić information content (AvgIpc) is 3.39. The molecule has 0 bridgehead atoms. The van der Waals surface area contributed by atoms with Crippen molar-refractivity contribution in [2.75, 3.05) is 18.9 Å². The Morgan fingerprint density at radius 2 is 2.15 bits per heavy atom. The first-order valence-corrected chi connectivity index (χ1v) is 11.5. The van der Waals surface area contributed by atoms with Crippen molar-refractivity contribution in [3.63, 3.8) is 0 Å². The molecule has 1 unspecified atom stereocenters. The molecule has 9 heteroatoms. The number of carbonyl (C=O) groups is 1. The number of nitrogens with one attached hydrogen (secondary N) is 3. The highest BCUT2D eigenvalue weighted by Crippen LogP contribution is 2.26. The maximum atomic E-state index is 12.5. The molecule has 1 amide bonds. The monoisotopic (exact) mass is 449 g/mol. The van der Waals surface area contributed by atoms with Crippen molar-refractivity contribution in [2.24, 2.45) is 0 Å². The van der Waals surface area contributed by atoms with E-state index in [4.69, 9.17) is 4.52 Å². The Kier molecular flexibility index (Phi) is 7.19. The van der Waals surface area contributed by atoms with Gasteiger partial charge in [0.25, 0.3) is 0 Å². The predicted octanol–water partition coefficient (Wildman–Crippen LogP) is 3.75. The molecule has 0 radical (unpaired) electrons. The summed E-state index contributed by atoms with van der Waals surface area (Å²) in [5.41, 5.74) is 5.35. The number of pyridine rings is 1. The molecule has 4 rings (SSSR count). The number of benzene rings is 1. The van der Waals surface area contributed by atoms with Crippen molar-refractivity contribution in [3.8, 4) is 11.4 Å². The first-order chi connectivity index (χ1) is 16.0. The highest BCUT2D eigenvalue weighted by Gasteiger charge is 2.20. The van der Waals surface area contributed by atoms with Crippen LogP contribution in [0.5, 0.6) is 0 Å². The molecular formula is C24H31N7O2. The summed E-state index contributed by atoms with van der Waals surface area (Å²) in [5.74, 6) is 1.76. The van der Waals surface area contributed by atoms with Gasteiger partial charge in [-0.25, -0.2) is 10.4 Å². The number of anilines is 1. The minimum atomic E-state index is -0.171. The molecule has 33 heavy (non-hydrogen) atoms. The first-order valence-electron chi connectivity index (χ1n) is 11.5. The molecule has 0 spiro atoms. The number of hydrogen-bond acceptors (Lipinski definition) is 8. The molecule has 3 N–H and O–H groups in total. The van der Waals surface area contributed by atoms with E-state index in [1.165, 1.54) is 18.5 Å². The number of rotatable bonds is 10. The summed E-state index contributed by atoms with van der Waals surface area (Å²) in [6, 6.07) is 7.89. The van der Waals surface area contributed by atoms with E-state index in [-0.39, 0.29) is 12.1 Å². The van der Waals surface area contributed by atoms with Gasteiger partial charge in [-0.15, -0.1) is 0 Å². The molecule has 9 nitrogen and oxygen atoms in total. The van der Waals surface area contributed by atoms with Gasteiger partial charge in [-0.3, -0.25) is 4.79 Å². The van der Waals surface area contributed by atoms with Gasteiger partial charge in [0.1, 0.15) is 12.0 Å². The van der Waals surface area contributed by atoms with Crippen molar-refractivity contribution in [3.05, 3.63) is 48.1 Å². The summed E-state index contributed by atoms with van der Waals surface area (Å²) >= 11 is 0. The van der Waals surface area contributed by atoms with Crippen molar-refractivity contribution >= 4 is 22.5 Å². The van der Waals surface area contributed by atoms with Crippen LogP contribution < -0.4 is 16.1 Å². The number of hydrazine groups is 1. The number of carbonyl (C=O) groups excluding carboxylic acids is 1. The molecule has 3 aromatic rings. The van der Waals surface area contributed by atoms with Gasteiger partial charge in [-0.2, -0.15) is 4.98 Å². The fourth-order valence-corrected chi connectivity index (χ4v) is 3.92. The highest BCUT2D eigenvalue weighted by molar-refractivity contribution is 5.94. The number of unbranched alkanes of at least 4 members (excludes halogenated alkanes) is 2. The average molecular weight is 450 g/mol. The van der Waals surface area contributed by atoms with E-state index < -0.39 is 0 Å². The SMILES string of the molecule is CCCCCC1=CC(NC(=O)CCNc2nccc3ccc(-c4noc(C)n4)cc23)NN1C. The molecule has 3 heterocycles. The number of nitrogens with zero attached hydrogens (tertiary/aromatic N) is 4. The zero-order chi connectivity index (χ0) is 23.2. The standard InChI is InChI=1S/C24H31N7O2/c1-4-5-6-7-19-15-21(29-31(19)3)28-22(32)11-13-26-24-20-14-18(23-27-16(2)33-30-23)9-8-17(20)10-12-25-24/h8-10,12,14-15,21,29H,4-7,11,13H2,1-3H3,(H,25,26)(H,28,32). The van der Waals surface area contributed by atoms with Crippen LogP contribution in [0.3, 0.4) is 0 Å². The molecule has 0 saturated heterocycles. The third-order valence-corrected chi connectivity index (χ3v) is 5.67. The lowest BCUT2D eigenvalue weighted by Gasteiger charge is -2.19. The van der Waals surface area contributed by atoms with E-state index in [1.54, 1.807) is 13.1 Å². The van der Waals surface area contributed by atoms with Gasteiger partial charge in [0.2, 0.25) is 17.6 Å². The summed E-state index contributed by atoms with van der Waals surface area (Å²) in [6.07, 6.45) is 8.60. The third-order valence-electron chi connectivity index (χ3n) is 5.67. The molecule has 0 fully saturated rings. The third kappa shape index (κ3) is 5.67. The summed E-state index contributed by atoms with van der Waals surface area (Å²) in [7, 11) is 1.99. The molecule has 2 aromatic heterocycles. The van der Waals surface area contributed by atoms with E-state index in [1.807, 2.05) is 36.3 Å². The van der Waals surface area contributed by atoms with E-state index in [0.29, 0.717) is 24.7 Å². The summed E-state index contributed by atoms with van der Waals surface area (Å²) in [6.45, 7) is 4.43. The van der Waals surface area contributed by atoms with Crippen LogP contribution >= 0.6 is 0 Å². The summed E-state index contributed by atoms with van der Waals surface area (Å²) in [5, 5.41) is 14.3. The molecule has 174 valence electrons. The van der Waals surface area contributed by atoms with Crippen LogP contribution in [0.25, 0.3) is 22.2 Å². The minimum absolute atomic E-state index is 0.0253. The zero-order valence-corrected chi connectivity index (χ0v) is 19.4. The van der Waals surface area contributed by atoms with E-state index >= 15 is 0 Å². The maximum absolute atomic E-state index is 12.5. The lowest BCUT2D eigenvalue weighted by Crippen LogP contribution is -2.45. The van der Waals surface area contributed by atoms with Crippen LogP contribution in [-0.2, 0) is 4.79 Å². The Bertz CT molecular complexity index is 1140. The van der Waals surface area contributed by atoms with Crippen LogP contribution in [0.4, 0.5) is 5.82 Å². The Morgan fingerprint density at radius 1 is 1.27 bits per heavy atom. The second-order valence-corrected chi connectivity index (χ2v) is 8.26. The van der Waals surface area contributed by atoms with Crippen LogP contribution in [0.1, 0.15) is 44.9 Å². The molecule has 1 atom stereocenters. The van der Waals surface area contributed by atoms with Gasteiger partial charge in [0, 0.05) is 49.8 Å². The van der Waals surface area contributed by atoms with E-state index in [9.17, 15) is 4.79 Å². The lowest BCUT2D eigenvalue weighted by atomic mass is 10.1. The Morgan fingerprint density at radius 3 is 2.94 bits per heavy atom. The molecule has 0 saturated carbocycles. The van der Waals surface area contributed by atoms with Gasteiger partial charge in [0.05, 0.1) is 0 Å². The number of aryl methyl sites for hydroxylation is 1. The predicted molar refractivity (Wildman–Crippen MR) is 128 cm³/mol. The van der Waals surface area contributed by atoms with Gasteiger partial charge >= 0.3 is 0 Å². The summed E-state index contributed by atoms with van der Waals surface area (Å²) in [4.78, 5) is 21.2. The van der Waals surface area contributed by atoms with Crippen molar-refractivity contribution < 1.29 is 9.32 Å². The Hall–Kier alpha value is -3.46. The van der Waals surface area contributed by atoms with Gasteiger partial charge in [-0.1, -0.05) is 37.1 Å². The quantitative estimate of drug-likeness (QED) is 0.402. The number of fused-ring (bicyclic) bond motifs is 1. The van der Waals surface area contributed by atoms with E-state index in [0.717, 1.165) is 35.0 Å². The van der Waals surface area contributed by atoms with Crippen molar-refractivity contribution in [1.82, 2.24) is 30.9 Å². The maximum Gasteiger partial charge on any atom is 0.223 e. The zero-order valence-electron chi connectivity index (χ0n) is 19.4. The van der Waals surface area contributed by atoms with Crippen LogP contribution in [0.15, 0.2) is 46.8 Å². The minimum Gasteiger partial charge on any atom is -0.369 e. The lowest BCUT2D eigenvalue weighted by molar-refractivity contribution is -0.121. The topological polar surface area (TPSA) is 108 Å². The number of amides is 1. The molecule has 0 aliphatic carbocycles. The van der Waals surface area contributed by atoms with Crippen LogP contribution in [0.2, 0.25) is 0 Å². The molecular weight excluding hydrogens is 418 g/mol. The first kappa shape index (κ1) is 22.7. The number of allylic oxidation sites excluding steroid dienone is 1. The number of aromatic nitrogens is 3. The van der Waals surface area contributed by atoms with Crippen molar-refractivity contribution in [2.45, 2.75) is 52.1 Å². The fourth-order valence-electron chi connectivity index (χ4n) is 3.92. The smallest absolute Gasteiger partial charge is 0.223 e. The molecule has 1 aliphatic heterocycles. The fraction of sp³-hybridized carbons (Fsp3) is 0.417. The van der Waals surface area contributed by atoms with Crippen LogP contribution in [-0.4, -0.2) is 45.8 Å².